The van der Waals surface area contributed by atoms with Gasteiger partial charge in [0.2, 0.25) is 5.82 Å². The number of nitrogens with zero attached hydrogens (tertiary/aromatic N) is 3. The second kappa shape index (κ2) is 11.8. The molecular weight excluding hydrogens is 490 g/mol. The van der Waals surface area contributed by atoms with E-state index in [1.807, 2.05) is 44.2 Å². The van der Waals surface area contributed by atoms with E-state index in [4.69, 9.17) is 20.9 Å². The van der Waals surface area contributed by atoms with E-state index in [2.05, 4.69) is 41.0 Å². The van der Waals surface area contributed by atoms with E-state index in [1.54, 1.807) is 0 Å². The predicted octanol–water partition coefficient (Wildman–Crippen LogP) is 6.35. The number of ether oxygens (including phenoxy) is 1. The van der Waals surface area contributed by atoms with E-state index >= 15 is 0 Å². The first-order valence-corrected chi connectivity index (χ1v) is 13.3. The number of hydrogen-bond acceptors (Lipinski definition) is 6. The highest BCUT2D eigenvalue weighted by molar-refractivity contribution is 6.31. The Morgan fingerprint density at radius 2 is 1.78 bits per heavy atom. The molecule has 0 radical (unpaired) electrons. The van der Waals surface area contributed by atoms with Crippen molar-refractivity contribution >= 4 is 17.6 Å². The molecule has 1 saturated heterocycles. The second-order valence-electron chi connectivity index (χ2n) is 10.7. The highest BCUT2D eigenvalue weighted by atomic mass is 35.5. The first-order valence-electron chi connectivity index (χ1n) is 12.9. The number of piperidine rings is 1. The van der Waals surface area contributed by atoms with E-state index in [0.29, 0.717) is 35.5 Å². The van der Waals surface area contributed by atoms with Crippen LogP contribution < -0.4 is 0 Å². The van der Waals surface area contributed by atoms with Crippen LogP contribution in [-0.4, -0.2) is 51.9 Å². The van der Waals surface area contributed by atoms with Crippen molar-refractivity contribution < 1.29 is 19.2 Å². The van der Waals surface area contributed by atoms with Gasteiger partial charge in [0.05, 0.1) is 18.1 Å². The van der Waals surface area contributed by atoms with E-state index < -0.39 is 11.4 Å². The van der Waals surface area contributed by atoms with Crippen LogP contribution in [0.1, 0.15) is 51.7 Å². The zero-order valence-electron chi connectivity index (χ0n) is 22.0. The van der Waals surface area contributed by atoms with Crippen molar-refractivity contribution in [2.24, 2.45) is 11.3 Å². The molecule has 0 aliphatic carbocycles. The van der Waals surface area contributed by atoms with Crippen molar-refractivity contribution in [3.63, 3.8) is 0 Å². The van der Waals surface area contributed by atoms with Gasteiger partial charge < -0.3 is 14.4 Å². The number of benzene rings is 2. The number of carbonyl (C=O) groups is 1. The second-order valence-corrected chi connectivity index (χ2v) is 11.2. The Labute approximate surface area is 223 Å². The molecule has 0 spiro atoms. The number of hydrogen-bond donors (Lipinski definition) is 1. The standard InChI is InChI=1S/C29H36ClN3O4/c1-19(2)15-23-9-10-24(16-25(23)30)27-31-26(32-37-27)22-7-5-21(6-8-22)17-33-13-11-29(12-14-33,28(34)35)18-36-20(3)4/h5-10,16,19-20H,11-15,17-18H2,1-4H3,(H,34,35). The van der Waals surface area contributed by atoms with Crippen molar-refractivity contribution in [3.05, 3.63) is 58.6 Å². The van der Waals surface area contributed by atoms with Gasteiger partial charge in [-0.1, -0.05) is 60.9 Å². The molecule has 4 rings (SSSR count). The fraction of sp³-hybridized carbons (Fsp3) is 0.483. The average molecular weight is 526 g/mol. The van der Waals surface area contributed by atoms with Gasteiger partial charge in [0.25, 0.3) is 5.89 Å². The fourth-order valence-electron chi connectivity index (χ4n) is 4.65. The molecule has 1 aliphatic rings. The number of aromatic nitrogens is 2. The van der Waals surface area contributed by atoms with Gasteiger partial charge in [0.15, 0.2) is 0 Å². The molecule has 0 unspecified atom stereocenters. The minimum absolute atomic E-state index is 0.0242. The normalized spacial score (nSPS) is 16.0. The van der Waals surface area contributed by atoms with E-state index in [1.165, 1.54) is 0 Å². The van der Waals surface area contributed by atoms with Crippen LogP contribution in [0.3, 0.4) is 0 Å². The number of carboxylic acids is 1. The highest BCUT2D eigenvalue weighted by Crippen LogP contribution is 2.34. The lowest BCUT2D eigenvalue weighted by Crippen LogP contribution is -2.47. The number of aliphatic carboxylic acids is 1. The number of carboxylic acid groups (broad SMARTS) is 1. The maximum absolute atomic E-state index is 12.0. The van der Waals surface area contributed by atoms with Gasteiger partial charge in [0, 0.05) is 22.7 Å². The SMILES string of the molecule is CC(C)Cc1ccc(-c2nc(-c3ccc(CN4CCC(COC(C)C)(C(=O)O)CC4)cc3)no2)cc1Cl. The summed E-state index contributed by atoms with van der Waals surface area (Å²) in [7, 11) is 0. The molecule has 2 aromatic carbocycles. The maximum atomic E-state index is 12.0. The predicted molar refractivity (Wildman–Crippen MR) is 144 cm³/mol. The molecular formula is C29H36ClN3O4. The number of likely N-dealkylation sites (tertiary alicyclic amines) is 1. The molecule has 7 nitrogen and oxygen atoms in total. The molecule has 1 aromatic heterocycles. The third kappa shape index (κ3) is 6.78. The minimum Gasteiger partial charge on any atom is -0.481 e. The van der Waals surface area contributed by atoms with E-state index in [9.17, 15) is 9.90 Å². The fourth-order valence-corrected chi connectivity index (χ4v) is 4.90. The summed E-state index contributed by atoms with van der Waals surface area (Å²) in [4.78, 5) is 18.8. The summed E-state index contributed by atoms with van der Waals surface area (Å²) in [6.07, 6.45) is 2.11. The van der Waals surface area contributed by atoms with Crippen LogP contribution in [0.5, 0.6) is 0 Å². The van der Waals surface area contributed by atoms with Crippen molar-refractivity contribution in [1.82, 2.24) is 15.0 Å². The molecule has 0 saturated carbocycles. The highest BCUT2D eigenvalue weighted by Gasteiger charge is 2.42. The molecule has 1 fully saturated rings. The lowest BCUT2D eigenvalue weighted by Gasteiger charge is -2.39. The van der Waals surface area contributed by atoms with Gasteiger partial charge >= 0.3 is 5.97 Å². The Bertz CT molecular complexity index is 1200. The van der Waals surface area contributed by atoms with Crippen LogP contribution in [-0.2, 0) is 22.5 Å². The Balaban J connectivity index is 1.37. The van der Waals surface area contributed by atoms with Gasteiger partial charge in [-0.15, -0.1) is 0 Å². The van der Waals surface area contributed by atoms with Crippen LogP contribution in [0, 0.1) is 11.3 Å². The van der Waals surface area contributed by atoms with Crippen LogP contribution >= 0.6 is 11.6 Å². The summed E-state index contributed by atoms with van der Waals surface area (Å²) in [6.45, 7) is 10.7. The van der Waals surface area contributed by atoms with Crippen molar-refractivity contribution in [3.8, 4) is 22.8 Å². The molecule has 1 aliphatic heterocycles. The molecule has 37 heavy (non-hydrogen) atoms. The maximum Gasteiger partial charge on any atom is 0.312 e. The van der Waals surface area contributed by atoms with Gasteiger partial charge in [-0.25, -0.2) is 0 Å². The Hall–Kier alpha value is -2.74. The van der Waals surface area contributed by atoms with Crippen LogP contribution in [0.4, 0.5) is 0 Å². The summed E-state index contributed by atoms with van der Waals surface area (Å²) in [5.41, 5.74) is 3.15. The molecule has 1 N–H and O–H groups in total. The van der Waals surface area contributed by atoms with E-state index in [0.717, 1.165) is 48.3 Å². The molecule has 8 heteroatoms. The summed E-state index contributed by atoms with van der Waals surface area (Å²) in [6, 6.07) is 14.0. The first kappa shape index (κ1) is 27.3. The molecule has 198 valence electrons. The van der Waals surface area contributed by atoms with Crippen molar-refractivity contribution in [1.29, 1.82) is 0 Å². The Morgan fingerprint density at radius 3 is 2.38 bits per heavy atom. The molecule has 3 aromatic rings. The molecule has 0 bridgehead atoms. The first-order chi connectivity index (χ1) is 17.6. The minimum atomic E-state index is -0.792. The van der Waals surface area contributed by atoms with Crippen LogP contribution in [0.25, 0.3) is 22.8 Å². The largest absolute Gasteiger partial charge is 0.481 e. The summed E-state index contributed by atoms with van der Waals surface area (Å²) < 4.78 is 11.2. The van der Waals surface area contributed by atoms with Gasteiger partial charge in [-0.05, 0) is 75.4 Å². The van der Waals surface area contributed by atoms with Gasteiger partial charge in [-0.3, -0.25) is 9.69 Å². The lowest BCUT2D eigenvalue weighted by molar-refractivity contribution is -0.158. The Kier molecular flexibility index (Phi) is 8.67. The average Bonchev–Trinajstić information content (AvgIpc) is 3.35. The summed E-state index contributed by atoms with van der Waals surface area (Å²) in [5.74, 6) is 0.733. The van der Waals surface area contributed by atoms with Gasteiger partial charge in [-0.2, -0.15) is 4.98 Å². The monoisotopic (exact) mass is 525 g/mol. The molecule has 0 amide bonds. The smallest absolute Gasteiger partial charge is 0.312 e. The van der Waals surface area contributed by atoms with Gasteiger partial charge in [0.1, 0.15) is 0 Å². The zero-order valence-corrected chi connectivity index (χ0v) is 22.8. The lowest BCUT2D eigenvalue weighted by atomic mass is 9.79. The quantitative estimate of drug-likeness (QED) is 0.330. The Morgan fingerprint density at radius 1 is 1.11 bits per heavy atom. The number of rotatable bonds is 10. The van der Waals surface area contributed by atoms with Crippen molar-refractivity contribution in [2.45, 2.75) is 59.6 Å². The topological polar surface area (TPSA) is 88.7 Å². The van der Waals surface area contributed by atoms with Crippen LogP contribution in [0.2, 0.25) is 5.02 Å². The summed E-state index contributed by atoms with van der Waals surface area (Å²) >= 11 is 6.47. The summed E-state index contributed by atoms with van der Waals surface area (Å²) in [5, 5.41) is 14.7. The zero-order chi connectivity index (χ0) is 26.6. The van der Waals surface area contributed by atoms with Crippen molar-refractivity contribution in [2.75, 3.05) is 19.7 Å². The van der Waals surface area contributed by atoms with E-state index in [-0.39, 0.29) is 12.7 Å². The number of halogens is 1. The third-order valence-electron chi connectivity index (χ3n) is 6.93. The molecule has 2 heterocycles. The van der Waals surface area contributed by atoms with Crippen LogP contribution in [0.15, 0.2) is 47.0 Å². The third-order valence-corrected chi connectivity index (χ3v) is 7.28. The molecule has 0 atom stereocenters.